The van der Waals surface area contributed by atoms with E-state index in [1.54, 1.807) is 17.6 Å². The molecule has 0 aliphatic carbocycles. The molecule has 0 saturated heterocycles. The number of carbonyl (C=O) groups excluding carboxylic acids is 1. The SMILES string of the molecule is Cc1cc(NC(=O)c2nccs2)n[nH]1. The number of amides is 1. The highest BCUT2D eigenvalue weighted by Gasteiger charge is 2.09. The number of nitrogens with zero attached hydrogens (tertiary/aromatic N) is 2. The molecule has 5 nitrogen and oxygen atoms in total. The third-order valence-electron chi connectivity index (χ3n) is 1.57. The van der Waals surface area contributed by atoms with Crippen LogP contribution in [0.2, 0.25) is 0 Å². The minimum atomic E-state index is -0.230. The van der Waals surface area contributed by atoms with Crippen LogP contribution in [0.5, 0.6) is 0 Å². The van der Waals surface area contributed by atoms with E-state index in [1.807, 2.05) is 6.92 Å². The van der Waals surface area contributed by atoms with Gasteiger partial charge in [-0.2, -0.15) is 5.10 Å². The van der Waals surface area contributed by atoms with Gasteiger partial charge in [0.15, 0.2) is 10.8 Å². The Hall–Kier alpha value is -1.69. The maximum absolute atomic E-state index is 11.5. The van der Waals surface area contributed by atoms with Crippen molar-refractivity contribution in [2.45, 2.75) is 6.92 Å². The molecule has 72 valence electrons. The van der Waals surface area contributed by atoms with E-state index in [2.05, 4.69) is 20.5 Å². The van der Waals surface area contributed by atoms with Gasteiger partial charge in [-0.3, -0.25) is 9.89 Å². The number of carbonyl (C=O) groups is 1. The van der Waals surface area contributed by atoms with Crippen LogP contribution in [0.4, 0.5) is 5.82 Å². The standard InChI is InChI=1S/C8H8N4OS/c1-5-4-6(12-11-5)10-7(13)8-9-2-3-14-8/h2-4H,1H3,(H2,10,11,12,13). The molecule has 2 rings (SSSR count). The molecule has 1 amide bonds. The van der Waals surface area contributed by atoms with Crippen molar-refractivity contribution in [2.75, 3.05) is 5.32 Å². The average molecular weight is 208 g/mol. The summed E-state index contributed by atoms with van der Waals surface area (Å²) in [6.45, 7) is 1.87. The smallest absolute Gasteiger partial charge is 0.285 e. The first-order valence-corrected chi connectivity index (χ1v) is 4.86. The lowest BCUT2D eigenvalue weighted by Crippen LogP contribution is -2.11. The van der Waals surface area contributed by atoms with E-state index in [1.165, 1.54) is 11.3 Å². The minimum Gasteiger partial charge on any atom is -0.303 e. The molecule has 2 N–H and O–H groups in total. The van der Waals surface area contributed by atoms with E-state index in [0.29, 0.717) is 10.8 Å². The second-order valence-corrected chi connectivity index (χ2v) is 3.62. The number of aryl methyl sites for hydroxylation is 1. The molecule has 0 fully saturated rings. The Kier molecular flexibility index (Phi) is 2.28. The molecule has 2 heterocycles. The third-order valence-corrected chi connectivity index (χ3v) is 2.35. The highest BCUT2D eigenvalue weighted by atomic mass is 32.1. The summed E-state index contributed by atoms with van der Waals surface area (Å²) in [5.74, 6) is 0.286. The summed E-state index contributed by atoms with van der Waals surface area (Å²) in [6.07, 6.45) is 1.59. The fourth-order valence-corrected chi connectivity index (χ4v) is 1.52. The molecule has 0 aromatic carbocycles. The zero-order valence-corrected chi connectivity index (χ0v) is 8.26. The lowest BCUT2D eigenvalue weighted by molar-refractivity contribution is 0.102. The van der Waals surface area contributed by atoms with Gasteiger partial charge in [-0.05, 0) is 6.92 Å². The van der Waals surface area contributed by atoms with Gasteiger partial charge >= 0.3 is 0 Å². The van der Waals surface area contributed by atoms with Crippen molar-refractivity contribution in [3.8, 4) is 0 Å². The first-order chi connectivity index (χ1) is 6.75. The third kappa shape index (κ3) is 1.80. The van der Waals surface area contributed by atoms with Gasteiger partial charge in [0.2, 0.25) is 0 Å². The molecular formula is C8H8N4OS. The molecule has 0 spiro atoms. The van der Waals surface area contributed by atoms with Gasteiger partial charge in [0, 0.05) is 23.3 Å². The van der Waals surface area contributed by atoms with Crippen molar-refractivity contribution in [1.82, 2.24) is 15.2 Å². The molecule has 2 aromatic heterocycles. The van der Waals surface area contributed by atoms with E-state index in [4.69, 9.17) is 0 Å². The topological polar surface area (TPSA) is 70.7 Å². The maximum atomic E-state index is 11.5. The molecular weight excluding hydrogens is 200 g/mol. The molecule has 0 unspecified atom stereocenters. The predicted octanol–water partition coefficient (Wildman–Crippen LogP) is 1.43. The highest BCUT2D eigenvalue weighted by molar-refractivity contribution is 7.11. The van der Waals surface area contributed by atoms with Gasteiger partial charge in [-0.15, -0.1) is 11.3 Å². The van der Waals surface area contributed by atoms with Crippen LogP contribution in [0.3, 0.4) is 0 Å². The molecule has 6 heteroatoms. The molecule has 0 aliphatic rings. The van der Waals surface area contributed by atoms with E-state index in [-0.39, 0.29) is 5.91 Å². The van der Waals surface area contributed by atoms with Gasteiger partial charge in [0.05, 0.1) is 0 Å². The van der Waals surface area contributed by atoms with Crippen LogP contribution < -0.4 is 5.32 Å². The van der Waals surface area contributed by atoms with Crippen LogP contribution >= 0.6 is 11.3 Å². The van der Waals surface area contributed by atoms with Crippen LogP contribution in [0.15, 0.2) is 17.6 Å². The monoisotopic (exact) mass is 208 g/mol. The second kappa shape index (κ2) is 3.59. The van der Waals surface area contributed by atoms with Crippen LogP contribution in [-0.4, -0.2) is 21.1 Å². The number of aromatic amines is 1. The normalized spacial score (nSPS) is 10.1. The van der Waals surface area contributed by atoms with Crippen molar-refractivity contribution < 1.29 is 4.79 Å². The summed E-state index contributed by atoms with van der Waals surface area (Å²) in [7, 11) is 0. The molecule has 0 radical (unpaired) electrons. The van der Waals surface area contributed by atoms with Crippen LogP contribution in [0.25, 0.3) is 0 Å². The van der Waals surface area contributed by atoms with Gasteiger partial charge in [0.1, 0.15) is 0 Å². The molecule has 0 atom stereocenters. The molecule has 14 heavy (non-hydrogen) atoms. The largest absolute Gasteiger partial charge is 0.303 e. The number of rotatable bonds is 2. The van der Waals surface area contributed by atoms with Crippen molar-refractivity contribution in [3.05, 3.63) is 28.3 Å². The van der Waals surface area contributed by atoms with Gasteiger partial charge in [-0.25, -0.2) is 4.98 Å². The molecule has 2 aromatic rings. The number of H-pyrrole nitrogens is 1. The minimum absolute atomic E-state index is 0.230. The highest BCUT2D eigenvalue weighted by Crippen LogP contribution is 2.09. The summed E-state index contributed by atoms with van der Waals surface area (Å²) < 4.78 is 0. The number of hydrogen-bond donors (Lipinski definition) is 2. The van der Waals surface area contributed by atoms with Crippen molar-refractivity contribution in [1.29, 1.82) is 0 Å². The number of aromatic nitrogens is 3. The Labute approximate surface area is 84.2 Å². The first kappa shape index (κ1) is 8.89. The summed E-state index contributed by atoms with van der Waals surface area (Å²) in [6, 6.07) is 1.76. The molecule has 0 aliphatic heterocycles. The Morgan fingerprint density at radius 3 is 3.07 bits per heavy atom. The number of thiazole rings is 1. The summed E-state index contributed by atoms with van der Waals surface area (Å²) in [5.41, 5.74) is 0.902. The average Bonchev–Trinajstić information content (AvgIpc) is 2.75. The summed E-state index contributed by atoms with van der Waals surface area (Å²) in [5, 5.41) is 11.4. The summed E-state index contributed by atoms with van der Waals surface area (Å²) >= 11 is 1.30. The van der Waals surface area contributed by atoms with Gasteiger partial charge < -0.3 is 5.32 Å². The number of anilines is 1. The first-order valence-electron chi connectivity index (χ1n) is 3.98. The lowest BCUT2D eigenvalue weighted by atomic mass is 10.4. The Morgan fingerprint density at radius 1 is 1.64 bits per heavy atom. The maximum Gasteiger partial charge on any atom is 0.285 e. The van der Waals surface area contributed by atoms with E-state index < -0.39 is 0 Å². The van der Waals surface area contributed by atoms with Crippen molar-refractivity contribution >= 4 is 23.1 Å². The Bertz CT molecular complexity index is 434. The van der Waals surface area contributed by atoms with Crippen LogP contribution in [0, 0.1) is 6.92 Å². The molecule has 0 bridgehead atoms. The Balaban J connectivity index is 2.09. The zero-order chi connectivity index (χ0) is 9.97. The van der Waals surface area contributed by atoms with E-state index >= 15 is 0 Å². The zero-order valence-electron chi connectivity index (χ0n) is 7.44. The van der Waals surface area contributed by atoms with Gasteiger partial charge in [0.25, 0.3) is 5.91 Å². The quantitative estimate of drug-likeness (QED) is 0.784. The van der Waals surface area contributed by atoms with E-state index in [9.17, 15) is 4.79 Å². The predicted molar refractivity (Wildman–Crippen MR) is 53.4 cm³/mol. The van der Waals surface area contributed by atoms with Crippen molar-refractivity contribution in [2.24, 2.45) is 0 Å². The lowest BCUT2D eigenvalue weighted by Gasteiger charge is -1.95. The fraction of sp³-hybridized carbons (Fsp3) is 0.125. The van der Waals surface area contributed by atoms with Gasteiger partial charge in [-0.1, -0.05) is 0 Å². The number of hydrogen-bond acceptors (Lipinski definition) is 4. The van der Waals surface area contributed by atoms with Crippen LogP contribution in [-0.2, 0) is 0 Å². The Morgan fingerprint density at radius 2 is 2.50 bits per heavy atom. The van der Waals surface area contributed by atoms with Crippen LogP contribution in [0.1, 0.15) is 15.5 Å². The summed E-state index contributed by atoms with van der Waals surface area (Å²) in [4.78, 5) is 15.4. The molecule has 0 saturated carbocycles. The second-order valence-electron chi connectivity index (χ2n) is 2.73. The van der Waals surface area contributed by atoms with E-state index in [0.717, 1.165) is 5.69 Å². The number of nitrogens with one attached hydrogen (secondary N) is 2. The fourth-order valence-electron chi connectivity index (χ4n) is 0.987. The van der Waals surface area contributed by atoms with Crippen molar-refractivity contribution in [3.63, 3.8) is 0 Å².